The Kier molecular flexibility index (Phi) is 3.37. The number of thiophene rings is 1. The van der Waals surface area contributed by atoms with Crippen molar-refractivity contribution in [2.75, 3.05) is 6.61 Å². The summed E-state index contributed by atoms with van der Waals surface area (Å²) in [5.74, 6) is 0. The van der Waals surface area contributed by atoms with Crippen molar-refractivity contribution in [2.24, 2.45) is 0 Å². The number of hydrogen-bond donors (Lipinski definition) is 1. The van der Waals surface area contributed by atoms with Gasteiger partial charge in [-0.1, -0.05) is 6.07 Å². The average Bonchev–Trinajstić information content (AvgIpc) is 2.38. The molecule has 0 aromatic carbocycles. The first-order valence-electron chi connectivity index (χ1n) is 2.85. The highest BCUT2D eigenvalue weighted by Crippen LogP contribution is 2.25. The van der Waals surface area contributed by atoms with Crippen molar-refractivity contribution in [2.45, 2.75) is 0 Å². The Bertz CT molecular complexity index is 216. The van der Waals surface area contributed by atoms with Crippen molar-refractivity contribution in [3.05, 3.63) is 28.5 Å². The van der Waals surface area contributed by atoms with Crippen molar-refractivity contribution >= 4 is 37.5 Å². The van der Waals surface area contributed by atoms with Crippen LogP contribution < -0.4 is 0 Å². The van der Waals surface area contributed by atoms with Crippen LogP contribution in [0.2, 0.25) is 0 Å². The SMILES string of the molecule is OC/C=C(\I)c1cccs1. The molecular formula is C7H7IOS. The topological polar surface area (TPSA) is 20.2 Å². The van der Waals surface area contributed by atoms with E-state index < -0.39 is 0 Å². The highest BCUT2D eigenvalue weighted by atomic mass is 127. The maximum atomic E-state index is 8.56. The second kappa shape index (κ2) is 4.10. The summed E-state index contributed by atoms with van der Waals surface area (Å²) in [7, 11) is 0. The summed E-state index contributed by atoms with van der Waals surface area (Å²) in [4.78, 5) is 1.22. The third-order valence-corrected chi connectivity index (χ3v) is 3.32. The van der Waals surface area contributed by atoms with E-state index >= 15 is 0 Å². The van der Waals surface area contributed by atoms with Crippen molar-refractivity contribution < 1.29 is 5.11 Å². The first kappa shape index (κ1) is 8.23. The molecule has 54 valence electrons. The van der Waals surface area contributed by atoms with Gasteiger partial charge < -0.3 is 5.11 Å². The summed E-state index contributed by atoms with van der Waals surface area (Å²) in [5, 5.41) is 10.6. The van der Waals surface area contributed by atoms with Crippen LogP contribution in [0.3, 0.4) is 0 Å². The third kappa shape index (κ3) is 2.07. The molecule has 0 aliphatic rings. The fraction of sp³-hybridized carbons (Fsp3) is 0.143. The standard InChI is InChI=1S/C7H7IOS/c8-6(3-4-9)7-2-1-5-10-7/h1-3,5,9H,4H2/b6-3-. The van der Waals surface area contributed by atoms with Gasteiger partial charge in [-0.2, -0.15) is 0 Å². The molecule has 0 saturated heterocycles. The van der Waals surface area contributed by atoms with E-state index in [2.05, 4.69) is 22.6 Å². The molecule has 1 rings (SSSR count). The first-order valence-corrected chi connectivity index (χ1v) is 4.81. The van der Waals surface area contributed by atoms with Crippen molar-refractivity contribution in [1.82, 2.24) is 0 Å². The third-order valence-electron chi connectivity index (χ3n) is 1.03. The molecule has 0 bridgehead atoms. The number of aliphatic hydroxyl groups excluding tert-OH is 1. The van der Waals surface area contributed by atoms with Gasteiger partial charge in [0, 0.05) is 8.46 Å². The highest BCUT2D eigenvalue weighted by molar-refractivity contribution is 14.1. The fourth-order valence-electron chi connectivity index (χ4n) is 0.595. The van der Waals surface area contributed by atoms with Gasteiger partial charge in [0.25, 0.3) is 0 Å². The molecule has 10 heavy (non-hydrogen) atoms. The van der Waals surface area contributed by atoms with E-state index in [0.29, 0.717) is 0 Å². The Morgan fingerprint density at radius 2 is 2.60 bits per heavy atom. The van der Waals surface area contributed by atoms with E-state index in [9.17, 15) is 0 Å². The summed E-state index contributed by atoms with van der Waals surface area (Å²) in [6, 6.07) is 4.04. The van der Waals surface area contributed by atoms with Gasteiger partial charge in [0.15, 0.2) is 0 Å². The molecule has 0 fully saturated rings. The summed E-state index contributed by atoms with van der Waals surface area (Å²) in [6.45, 7) is 0.121. The molecule has 0 radical (unpaired) electrons. The Morgan fingerprint density at radius 1 is 1.80 bits per heavy atom. The van der Waals surface area contributed by atoms with Gasteiger partial charge in [-0.05, 0) is 40.1 Å². The number of aliphatic hydroxyl groups is 1. The molecule has 0 atom stereocenters. The van der Waals surface area contributed by atoms with E-state index in [1.165, 1.54) is 4.88 Å². The lowest BCUT2D eigenvalue weighted by molar-refractivity contribution is 0.343. The van der Waals surface area contributed by atoms with E-state index in [0.717, 1.165) is 3.58 Å². The summed E-state index contributed by atoms with van der Waals surface area (Å²) in [6.07, 6.45) is 1.80. The zero-order valence-electron chi connectivity index (χ0n) is 5.25. The molecule has 3 heteroatoms. The minimum atomic E-state index is 0.121. The molecule has 0 spiro atoms. The Hall–Kier alpha value is 0.130. The average molecular weight is 266 g/mol. The molecule has 0 amide bonds. The van der Waals surface area contributed by atoms with Crippen molar-refractivity contribution in [3.8, 4) is 0 Å². The van der Waals surface area contributed by atoms with Gasteiger partial charge in [0.05, 0.1) is 6.61 Å². The maximum absolute atomic E-state index is 8.56. The van der Waals surface area contributed by atoms with Gasteiger partial charge in [0.2, 0.25) is 0 Å². The highest BCUT2D eigenvalue weighted by Gasteiger charge is 1.94. The van der Waals surface area contributed by atoms with Crippen LogP contribution in [0.4, 0.5) is 0 Å². The van der Waals surface area contributed by atoms with Crippen LogP contribution >= 0.6 is 33.9 Å². The molecule has 1 N–H and O–H groups in total. The Balaban J connectivity index is 2.77. The van der Waals surface area contributed by atoms with Gasteiger partial charge in [-0.15, -0.1) is 11.3 Å². The lowest BCUT2D eigenvalue weighted by atomic mass is 10.4. The monoisotopic (exact) mass is 266 g/mol. The van der Waals surface area contributed by atoms with Gasteiger partial charge in [-0.25, -0.2) is 0 Å². The van der Waals surface area contributed by atoms with E-state index in [1.807, 2.05) is 17.5 Å². The largest absolute Gasteiger partial charge is 0.392 e. The first-order chi connectivity index (χ1) is 4.84. The van der Waals surface area contributed by atoms with Crippen LogP contribution in [0.5, 0.6) is 0 Å². The molecule has 1 heterocycles. The number of hydrogen-bond acceptors (Lipinski definition) is 2. The van der Waals surface area contributed by atoms with E-state index in [4.69, 9.17) is 5.11 Å². The lowest BCUT2D eigenvalue weighted by Crippen LogP contribution is -1.73. The predicted octanol–water partition coefficient (Wildman–Crippen LogP) is 2.52. The Labute approximate surface area is 77.5 Å². The molecule has 0 unspecified atom stereocenters. The lowest BCUT2D eigenvalue weighted by Gasteiger charge is -1.90. The molecule has 0 aliphatic heterocycles. The minimum absolute atomic E-state index is 0.121. The van der Waals surface area contributed by atoms with Crippen LogP contribution in [-0.2, 0) is 0 Å². The van der Waals surface area contributed by atoms with Crippen LogP contribution in [0.15, 0.2) is 23.6 Å². The summed E-state index contributed by atoms with van der Waals surface area (Å²) in [5.41, 5.74) is 0. The van der Waals surface area contributed by atoms with Crippen LogP contribution in [0.25, 0.3) is 3.58 Å². The Morgan fingerprint density at radius 3 is 3.10 bits per heavy atom. The van der Waals surface area contributed by atoms with Crippen LogP contribution in [-0.4, -0.2) is 11.7 Å². The van der Waals surface area contributed by atoms with Gasteiger partial charge in [0.1, 0.15) is 0 Å². The molecule has 0 aliphatic carbocycles. The smallest absolute Gasteiger partial charge is 0.0626 e. The second-order valence-corrected chi connectivity index (χ2v) is 3.82. The van der Waals surface area contributed by atoms with Crippen LogP contribution in [0, 0.1) is 0 Å². The molecule has 1 nitrogen and oxygen atoms in total. The predicted molar refractivity (Wildman–Crippen MR) is 53.4 cm³/mol. The number of rotatable bonds is 2. The zero-order chi connectivity index (χ0) is 7.40. The van der Waals surface area contributed by atoms with Crippen molar-refractivity contribution in [3.63, 3.8) is 0 Å². The number of halogens is 1. The zero-order valence-corrected chi connectivity index (χ0v) is 8.22. The molecule has 0 saturated carbocycles. The maximum Gasteiger partial charge on any atom is 0.0626 e. The van der Waals surface area contributed by atoms with Gasteiger partial charge >= 0.3 is 0 Å². The molecule has 1 aromatic rings. The van der Waals surface area contributed by atoms with E-state index in [-0.39, 0.29) is 6.61 Å². The second-order valence-electron chi connectivity index (χ2n) is 1.71. The summed E-state index contributed by atoms with van der Waals surface area (Å²) < 4.78 is 1.12. The van der Waals surface area contributed by atoms with Crippen molar-refractivity contribution in [1.29, 1.82) is 0 Å². The fourth-order valence-corrected chi connectivity index (χ4v) is 2.01. The minimum Gasteiger partial charge on any atom is -0.392 e. The molecule has 1 aromatic heterocycles. The normalized spacial score (nSPS) is 12.0. The van der Waals surface area contributed by atoms with Gasteiger partial charge in [-0.3, -0.25) is 0 Å². The molecular weight excluding hydrogens is 259 g/mol. The quantitative estimate of drug-likeness (QED) is 0.815. The van der Waals surface area contributed by atoms with Crippen LogP contribution in [0.1, 0.15) is 4.88 Å². The summed E-state index contributed by atoms with van der Waals surface area (Å²) >= 11 is 3.90. The van der Waals surface area contributed by atoms with E-state index in [1.54, 1.807) is 17.4 Å².